The second kappa shape index (κ2) is 5.67. The highest BCUT2D eigenvalue weighted by Gasteiger charge is 2.12. The van der Waals surface area contributed by atoms with Crippen LogP contribution in [0.15, 0.2) is 18.3 Å². The Labute approximate surface area is 109 Å². The molecule has 1 fully saturated rings. The van der Waals surface area contributed by atoms with E-state index >= 15 is 0 Å². The highest BCUT2D eigenvalue weighted by Crippen LogP contribution is 2.13. The monoisotopic (exact) mass is 249 g/mol. The van der Waals surface area contributed by atoms with Gasteiger partial charge in [0.15, 0.2) is 0 Å². The van der Waals surface area contributed by atoms with Crippen molar-refractivity contribution in [2.24, 2.45) is 0 Å². The molecule has 1 aliphatic rings. The van der Waals surface area contributed by atoms with Crippen molar-refractivity contribution in [2.45, 2.75) is 32.9 Å². The van der Waals surface area contributed by atoms with E-state index in [1.54, 1.807) is 0 Å². The van der Waals surface area contributed by atoms with Crippen molar-refractivity contribution >= 4 is 5.82 Å². The summed E-state index contributed by atoms with van der Waals surface area (Å²) < 4.78 is 5.34. The molecule has 2 rings (SSSR count). The van der Waals surface area contributed by atoms with Crippen molar-refractivity contribution in [1.82, 2.24) is 10.3 Å². The Morgan fingerprint density at radius 1 is 1.28 bits per heavy atom. The second-order valence-electron chi connectivity index (χ2n) is 5.73. The van der Waals surface area contributed by atoms with Crippen LogP contribution in [-0.2, 0) is 11.3 Å². The summed E-state index contributed by atoms with van der Waals surface area (Å²) in [6.45, 7) is 10.8. The molecule has 1 N–H and O–H groups in total. The average molecular weight is 249 g/mol. The molecule has 0 atom stereocenters. The van der Waals surface area contributed by atoms with Gasteiger partial charge in [-0.15, -0.1) is 0 Å². The smallest absolute Gasteiger partial charge is 0.128 e. The molecule has 100 valence electrons. The second-order valence-corrected chi connectivity index (χ2v) is 5.73. The highest BCUT2D eigenvalue weighted by atomic mass is 16.5. The van der Waals surface area contributed by atoms with Crippen LogP contribution >= 0.6 is 0 Å². The molecule has 4 nitrogen and oxygen atoms in total. The minimum atomic E-state index is 0.142. The van der Waals surface area contributed by atoms with E-state index < -0.39 is 0 Å². The van der Waals surface area contributed by atoms with E-state index in [4.69, 9.17) is 4.74 Å². The molecule has 0 saturated carbocycles. The molecule has 1 aromatic rings. The third-order valence-corrected chi connectivity index (χ3v) is 2.97. The first-order valence-corrected chi connectivity index (χ1v) is 6.57. The minimum absolute atomic E-state index is 0.142. The molecule has 4 heteroatoms. The molecule has 0 spiro atoms. The van der Waals surface area contributed by atoms with Crippen molar-refractivity contribution in [2.75, 3.05) is 31.2 Å². The van der Waals surface area contributed by atoms with Crippen LogP contribution in [0.3, 0.4) is 0 Å². The number of anilines is 1. The first kappa shape index (κ1) is 13.3. The predicted octanol–water partition coefficient (Wildman–Crippen LogP) is 1.81. The summed E-state index contributed by atoms with van der Waals surface area (Å²) in [7, 11) is 0. The van der Waals surface area contributed by atoms with Gasteiger partial charge >= 0.3 is 0 Å². The summed E-state index contributed by atoms with van der Waals surface area (Å²) in [5, 5.41) is 3.46. The summed E-state index contributed by atoms with van der Waals surface area (Å²) in [5.41, 5.74) is 1.37. The summed E-state index contributed by atoms with van der Waals surface area (Å²) >= 11 is 0. The Morgan fingerprint density at radius 2 is 2.00 bits per heavy atom. The Morgan fingerprint density at radius 3 is 2.56 bits per heavy atom. The van der Waals surface area contributed by atoms with Crippen LogP contribution in [-0.4, -0.2) is 36.8 Å². The Balaban J connectivity index is 1.92. The van der Waals surface area contributed by atoms with Crippen LogP contribution in [0.4, 0.5) is 5.82 Å². The van der Waals surface area contributed by atoms with Crippen LogP contribution in [0.1, 0.15) is 26.3 Å². The van der Waals surface area contributed by atoms with Gasteiger partial charge in [-0.3, -0.25) is 0 Å². The van der Waals surface area contributed by atoms with Gasteiger partial charge in [-0.25, -0.2) is 4.98 Å². The zero-order chi connectivity index (χ0) is 13.0. The largest absolute Gasteiger partial charge is 0.378 e. The van der Waals surface area contributed by atoms with Gasteiger partial charge in [-0.1, -0.05) is 6.07 Å². The van der Waals surface area contributed by atoms with Gasteiger partial charge in [-0.2, -0.15) is 0 Å². The van der Waals surface area contributed by atoms with Gasteiger partial charge in [0, 0.05) is 31.4 Å². The van der Waals surface area contributed by atoms with Gasteiger partial charge in [0.05, 0.1) is 13.2 Å². The van der Waals surface area contributed by atoms with Gasteiger partial charge in [0.25, 0.3) is 0 Å². The van der Waals surface area contributed by atoms with E-state index in [9.17, 15) is 0 Å². The molecular weight excluding hydrogens is 226 g/mol. The van der Waals surface area contributed by atoms with Gasteiger partial charge in [-0.05, 0) is 32.4 Å². The van der Waals surface area contributed by atoms with Gasteiger partial charge in [0.1, 0.15) is 5.82 Å². The molecule has 1 aliphatic heterocycles. The normalized spacial score (nSPS) is 16.9. The SMILES string of the molecule is CC(C)(C)NCc1ccc(N2CCOCC2)nc1. The number of morpholine rings is 1. The molecule has 1 saturated heterocycles. The maximum absolute atomic E-state index is 5.34. The first-order valence-electron chi connectivity index (χ1n) is 6.57. The third-order valence-electron chi connectivity index (χ3n) is 2.97. The summed E-state index contributed by atoms with van der Waals surface area (Å²) in [4.78, 5) is 6.80. The molecule has 0 amide bonds. The van der Waals surface area contributed by atoms with Crippen molar-refractivity contribution in [3.63, 3.8) is 0 Å². The maximum atomic E-state index is 5.34. The zero-order valence-electron chi connectivity index (χ0n) is 11.6. The zero-order valence-corrected chi connectivity index (χ0v) is 11.6. The molecule has 18 heavy (non-hydrogen) atoms. The van der Waals surface area contributed by atoms with Gasteiger partial charge < -0.3 is 15.0 Å². The fraction of sp³-hybridized carbons (Fsp3) is 0.643. The average Bonchev–Trinajstić information content (AvgIpc) is 2.37. The predicted molar refractivity (Wildman–Crippen MR) is 73.9 cm³/mol. The molecule has 0 radical (unpaired) electrons. The standard InChI is InChI=1S/C14H23N3O/c1-14(2,3)16-11-12-4-5-13(15-10-12)17-6-8-18-9-7-17/h4-5,10,16H,6-9,11H2,1-3H3. The topological polar surface area (TPSA) is 37.4 Å². The number of nitrogens with one attached hydrogen (secondary N) is 1. The molecule has 0 unspecified atom stereocenters. The maximum Gasteiger partial charge on any atom is 0.128 e. The lowest BCUT2D eigenvalue weighted by Gasteiger charge is -2.28. The molecule has 0 bridgehead atoms. The van der Waals surface area contributed by atoms with Crippen LogP contribution < -0.4 is 10.2 Å². The fourth-order valence-electron chi connectivity index (χ4n) is 1.87. The number of hydrogen-bond donors (Lipinski definition) is 1. The third kappa shape index (κ3) is 3.96. The lowest BCUT2D eigenvalue weighted by Crippen LogP contribution is -2.37. The van der Waals surface area contributed by atoms with Crippen molar-refractivity contribution in [3.05, 3.63) is 23.9 Å². The van der Waals surface area contributed by atoms with E-state index in [0.29, 0.717) is 0 Å². The van der Waals surface area contributed by atoms with Crippen molar-refractivity contribution in [1.29, 1.82) is 0 Å². The Kier molecular flexibility index (Phi) is 4.19. The van der Waals surface area contributed by atoms with Crippen LogP contribution in [0, 0.1) is 0 Å². The number of pyridine rings is 1. The van der Waals surface area contributed by atoms with Crippen LogP contribution in [0.2, 0.25) is 0 Å². The Bertz CT molecular complexity index is 364. The van der Waals surface area contributed by atoms with E-state index in [1.165, 1.54) is 5.56 Å². The van der Waals surface area contributed by atoms with E-state index in [-0.39, 0.29) is 5.54 Å². The lowest BCUT2D eigenvalue weighted by atomic mass is 10.1. The van der Waals surface area contributed by atoms with E-state index in [2.05, 4.69) is 48.1 Å². The lowest BCUT2D eigenvalue weighted by molar-refractivity contribution is 0.122. The molecular formula is C14H23N3O. The molecule has 1 aromatic heterocycles. The number of hydrogen-bond acceptors (Lipinski definition) is 4. The summed E-state index contributed by atoms with van der Waals surface area (Å²) in [6.07, 6.45) is 1.96. The number of rotatable bonds is 3. The van der Waals surface area contributed by atoms with Crippen molar-refractivity contribution < 1.29 is 4.74 Å². The number of ether oxygens (including phenoxy) is 1. The first-order chi connectivity index (χ1) is 8.54. The van der Waals surface area contributed by atoms with E-state index in [1.807, 2.05) is 6.20 Å². The highest BCUT2D eigenvalue weighted by molar-refractivity contribution is 5.39. The van der Waals surface area contributed by atoms with Crippen LogP contribution in [0.25, 0.3) is 0 Å². The minimum Gasteiger partial charge on any atom is -0.378 e. The molecule has 0 aromatic carbocycles. The Hall–Kier alpha value is -1.13. The quantitative estimate of drug-likeness (QED) is 0.886. The molecule has 0 aliphatic carbocycles. The van der Waals surface area contributed by atoms with E-state index in [0.717, 1.165) is 38.7 Å². The number of nitrogens with zero attached hydrogens (tertiary/aromatic N) is 2. The number of aromatic nitrogens is 1. The van der Waals surface area contributed by atoms with Crippen LogP contribution in [0.5, 0.6) is 0 Å². The van der Waals surface area contributed by atoms with Gasteiger partial charge in [0.2, 0.25) is 0 Å². The summed E-state index contributed by atoms with van der Waals surface area (Å²) in [6, 6.07) is 4.25. The molecule has 2 heterocycles. The van der Waals surface area contributed by atoms with Crippen molar-refractivity contribution in [3.8, 4) is 0 Å². The summed E-state index contributed by atoms with van der Waals surface area (Å²) in [5.74, 6) is 1.05. The fourth-order valence-corrected chi connectivity index (χ4v) is 1.87.